The van der Waals surface area contributed by atoms with E-state index in [1.54, 1.807) is 70.1 Å². The second kappa shape index (κ2) is 25.9. The smallest absolute Gasteiger partial charge is 0.329 e. The number of rotatable bonds is 7. The number of ketones is 3. The zero-order chi connectivity index (χ0) is 53.3. The third kappa shape index (κ3) is 13.8. The summed E-state index contributed by atoms with van der Waals surface area (Å²) in [5.41, 5.74) is 1.06. The summed E-state index contributed by atoms with van der Waals surface area (Å²) in [4.78, 5) is 72.8. The predicted octanol–water partition coefficient (Wildman–Crippen LogP) is 6.29. The average Bonchev–Trinajstić information content (AvgIpc) is 3.90. The molecule has 3 aliphatic heterocycles. The summed E-state index contributed by atoms with van der Waals surface area (Å²) in [6.45, 7) is 13.3. The number of hydrogen-bond donors (Lipinski definition) is 2. The molecule has 1 saturated carbocycles. The van der Waals surface area contributed by atoms with Gasteiger partial charge in [0, 0.05) is 61.2 Å². The minimum absolute atomic E-state index is 0.0635. The Morgan fingerprint density at radius 1 is 0.914 bits per heavy atom. The second-order valence-electron chi connectivity index (χ2n) is 20.3. The monoisotopic (exact) mass is 982 g/mol. The van der Waals surface area contributed by atoms with Crippen molar-refractivity contribution in [2.24, 2.45) is 41.4 Å². The van der Waals surface area contributed by atoms with E-state index in [4.69, 9.17) is 23.7 Å². The van der Waals surface area contributed by atoms with Crippen LogP contribution in [0.3, 0.4) is 0 Å². The number of fused-ring (bicyclic) bond motifs is 3. The maximum atomic E-state index is 14.5. The molecular formula is C53H81N5O12. The van der Waals surface area contributed by atoms with Crippen LogP contribution in [0.2, 0.25) is 0 Å². The number of piperidine rings is 1. The Morgan fingerprint density at radius 2 is 1.66 bits per heavy atom. The van der Waals surface area contributed by atoms with Gasteiger partial charge in [-0.05, 0) is 117 Å². The van der Waals surface area contributed by atoms with E-state index in [0.717, 1.165) is 18.4 Å². The molecule has 17 heteroatoms. The molecule has 0 aromatic carbocycles. The molecule has 3 fully saturated rings. The molecule has 5 rings (SSSR count). The second-order valence-corrected chi connectivity index (χ2v) is 20.3. The van der Waals surface area contributed by atoms with E-state index >= 15 is 0 Å². The van der Waals surface area contributed by atoms with Crippen molar-refractivity contribution in [2.45, 2.75) is 181 Å². The number of cyclic esters (lactones) is 1. The lowest BCUT2D eigenvalue weighted by Gasteiger charge is -2.42. The van der Waals surface area contributed by atoms with Crippen LogP contribution in [0.15, 0.2) is 53.9 Å². The van der Waals surface area contributed by atoms with Gasteiger partial charge in [0.25, 0.3) is 11.7 Å². The van der Waals surface area contributed by atoms with Crippen LogP contribution < -0.4 is 0 Å². The van der Waals surface area contributed by atoms with E-state index in [1.807, 2.05) is 19.9 Å². The van der Waals surface area contributed by atoms with E-state index in [0.29, 0.717) is 38.5 Å². The van der Waals surface area contributed by atoms with Crippen LogP contribution in [0.5, 0.6) is 0 Å². The number of aliphatic hydroxyl groups is 2. The van der Waals surface area contributed by atoms with Gasteiger partial charge in [-0.2, -0.15) is 0 Å². The fraction of sp³-hybridized carbons (Fsp3) is 0.736. The first kappa shape index (κ1) is 53.5. The number of nitrogens with zero attached hydrogens (tertiary/aromatic N) is 5. The van der Waals surface area contributed by atoms with Crippen LogP contribution >= 0.6 is 0 Å². The molecule has 1 aromatic rings. The Hall–Kier alpha value is -4.26. The third-order valence-electron chi connectivity index (χ3n) is 15.6. The highest BCUT2D eigenvalue weighted by molar-refractivity contribution is 6.39. The van der Waals surface area contributed by atoms with Crippen LogP contribution in [0, 0.1) is 41.4 Å². The predicted molar refractivity (Wildman–Crippen MR) is 261 cm³/mol. The van der Waals surface area contributed by atoms with Crippen molar-refractivity contribution in [3.63, 3.8) is 0 Å². The van der Waals surface area contributed by atoms with Gasteiger partial charge < -0.3 is 38.8 Å². The standard InChI is InChI=1S/C53H81N5O12/c1-31-17-13-12-14-18-32(2)44(66-9)28-40-22-20-36(6)53(65,70-40)50(62)51(63)57-24-16-15-19-42(57)52(64)69-45(34(4)26-39-21-23-41(46(27-39)67-10)58-30-54-55-56-58)29-43(59)33(3)25-35(5)47(60)49(68-11)48(61)38(8)37(31)7/h12-14,17-18,25,30-31,33-34,36-42,44-47,49,60,65H,15-16,19-24,26-29H2,1-11H3/b14-12+,17-13+,32-18+,35-25+/t31-,33-,34-,36-,37?,38-,39+,40+,41+,42+,44+,45+,46-,47-,49-,53-/m1/s1/i31D,37D. The lowest BCUT2D eigenvalue weighted by Crippen LogP contribution is -2.61. The van der Waals surface area contributed by atoms with Crippen molar-refractivity contribution in [1.29, 1.82) is 0 Å². The van der Waals surface area contributed by atoms with Gasteiger partial charge in [0.2, 0.25) is 5.79 Å². The van der Waals surface area contributed by atoms with Gasteiger partial charge in [0.05, 0.1) is 24.4 Å². The van der Waals surface area contributed by atoms with Gasteiger partial charge >= 0.3 is 5.97 Å². The quantitative estimate of drug-likeness (QED) is 0.174. The summed E-state index contributed by atoms with van der Waals surface area (Å²) in [5.74, 6) is -12.6. The number of ether oxygens (including phenoxy) is 5. The lowest BCUT2D eigenvalue weighted by atomic mass is 9.77. The molecule has 1 amide bonds. The topological polar surface area (TPSA) is 219 Å². The number of tetrazole rings is 1. The Labute approximate surface area is 417 Å². The maximum absolute atomic E-state index is 14.5. The number of aliphatic hydroxyl groups excluding tert-OH is 1. The first-order valence-corrected chi connectivity index (χ1v) is 25.1. The van der Waals surface area contributed by atoms with E-state index in [9.17, 15) is 36.9 Å². The Bertz CT molecular complexity index is 2160. The van der Waals surface area contributed by atoms with E-state index in [2.05, 4.69) is 15.5 Å². The number of methoxy groups -OCH3 is 3. The van der Waals surface area contributed by atoms with Crippen molar-refractivity contribution in [1.82, 2.24) is 25.1 Å². The molecule has 2 bridgehead atoms. The van der Waals surface area contributed by atoms with Crippen LogP contribution in [0.1, 0.15) is 135 Å². The molecule has 4 aliphatic rings. The van der Waals surface area contributed by atoms with Crippen LogP contribution in [0.25, 0.3) is 0 Å². The maximum Gasteiger partial charge on any atom is 0.329 e. The number of carbonyl (C=O) groups is 5. The summed E-state index contributed by atoms with van der Waals surface area (Å²) < 4.78 is 50.0. The number of esters is 1. The van der Waals surface area contributed by atoms with Crippen molar-refractivity contribution in [3.8, 4) is 0 Å². The number of aromatic nitrogens is 4. The number of hydrogen-bond acceptors (Lipinski definition) is 15. The molecule has 1 unspecified atom stereocenters. The number of carbonyl (C=O) groups excluding carboxylic acids is 5. The molecule has 70 heavy (non-hydrogen) atoms. The molecule has 2 saturated heterocycles. The summed E-state index contributed by atoms with van der Waals surface area (Å²) in [6, 6.07) is -1.25. The molecule has 0 spiro atoms. The fourth-order valence-corrected chi connectivity index (χ4v) is 10.6. The Kier molecular flexibility index (Phi) is 19.8. The van der Waals surface area contributed by atoms with Gasteiger partial charge in [0.15, 0.2) is 5.78 Å². The van der Waals surface area contributed by atoms with Gasteiger partial charge in [-0.3, -0.25) is 19.2 Å². The van der Waals surface area contributed by atoms with Crippen molar-refractivity contribution < 1.29 is 60.6 Å². The summed E-state index contributed by atoms with van der Waals surface area (Å²) in [5, 5.41) is 35.3. The molecule has 1 aliphatic carbocycles. The van der Waals surface area contributed by atoms with E-state index in [1.165, 1.54) is 39.0 Å². The number of amides is 1. The molecule has 17 nitrogen and oxygen atoms in total. The van der Waals surface area contributed by atoms with Crippen molar-refractivity contribution >= 4 is 29.2 Å². The molecule has 16 atom stereocenters. The normalized spacial score (nSPS) is 42.0. The zero-order valence-corrected chi connectivity index (χ0v) is 43.2. The van der Waals surface area contributed by atoms with Gasteiger partial charge in [-0.15, -0.1) is 5.10 Å². The molecular weight excluding hydrogens is 899 g/mol. The van der Waals surface area contributed by atoms with Crippen molar-refractivity contribution in [2.75, 3.05) is 27.9 Å². The van der Waals surface area contributed by atoms with Crippen LogP contribution in [0.4, 0.5) is 0 Å². The first-order valence-electron chi connectivity index (χ1n) is 26.1. The lowest BCUT2D eigenvalue weighted by molar-refractivity contribution is -0.265. The average molecular weight is 982 g/mol. The SMILES string of the molecule is [2H]C1(C)[C@@H](C)C(=O)[C@H](OC)[C@H](O)/C(C)=C/[C@@H](C)C(=O)C[C@@H]([C@H](C)C[C@@H]2CC[C@H](n3cnnn3)[C@H](OC)C2)OC(=O)[C@@H]2CCCCN2C(=O)C(=O)[C@]2(O)O[C@@H](CC[C@H]2C)C[C@H](OC)/C(C)=C/C=C/C=C/[C@@]1([2H])C. The number of allylic oxidation sites excluding steroid dienone is 6. The summed E-state index contributed by atoms with van der Waals surface area (Å²) >= 11 is 0. The highest BCUT2D eigenvalue weighted by atomic mass is 16.6. The minimum Gasteiger partial charge on any atom is -0.460 e. The Morgan fingerprint density at radius 3 is 2.33 bits per heavy atom. The van der Waals surface area contributed by atoms with E-state index in [-0.39, 0.29) is 61.1 Å². The highest BCUT2D eigenvalue weighted by Crippen LogP contribution is 2.39. The van der Waals surface area contributed by atoms with Gasteiger partial charge in [0.1, 0.15) is 36.5 Å². The largest absolute Gasteiger partial charge is 0.460 e. The van der Waals surface area contributed by atoms with Gasteiger partial charge in [-0.25, -0.2) is 9.48 Å². The highest BCUT2D eigenvalue weighted by Gasteiger charge is 2.53. The van der Waals surface area contributed by atoms with Crippen molar-refractivity contribution in [3.05, 3.63) is 53.9 Å². The molecule has 0 radical (unpaired) electrons. The first-order chi connectivity index (χ1) is 33.9. The summed E-state index contributed by atoms with van der Waals surface area (Å²) in [6.07, 6.45) is 11.1. The molecule has 390 valence electrons. The van der Waals surface area contributed by atoms with E-state index < -0.39 is 95.3 Å². The summed E-state index contributed by atoms with van der Waals surface area (Å²) in [7, 11) is 4.46. The Balaban J connectivity index is 1.50. The molecule has 4 heterocycles. The van der Waals surface area contributed by atoms with Crippen LogP contribution in [-0.2, 0) is 47.7 Å². The van der Waals surface area contributed by atoms with Crippen LogP contribution in [-0.4, -0.2) is 141 Å². The third-order valence-corrected chi connectivity index (χ3v) is 15.6. The molecule has 1 aromatic heterocycles. The zero-order valence-electron chi connectivity index (χ0n) is 45.2. The van der Waals surface area contributed by atoms with Gasteiger partial charge in [-0.1, -0.05) is 78.0 Å². The number of Topliss-reactive ketones (excluding diaryl/α,β-unsaturated/α-hetero) is 3. The molecule has 2 N–H and O–H groups in total. The fourth-order valence-electron chi connectivity index (χ4n) is 10.6. The minimum atomic E-state index is -2.48.